The van der Waals surface area contributed by atoms with E-state index in [-0.39, 0.29) is 5.91 Å². The molecule has 3 rings (SSSR count). The van der Waals surface area contributed by atoms with Crippen LogP contribution in [0, 0.1) is 6.92 Å². The van der Waals surface area contributed by atoms with E-state index in [0.29, 0.717) is 24.8 Å². The number of ether oxygens (including phenoxy) is 1. The molecule has 29 heavy (non-hydrogen) atoms. The molecule has 0 unspecified atom stereocenters. The number of amides is 1. The van der Waals surface area contributed by atoms with Crippen LogP contribution in [-0.4, -0.2) is 29.0 Å². The van der Waals surface area contributed by atoms with Crippen LogP contribution in [0.2, 0.25) is 0 Å². The monoisotopic (exact) mass is 390 g/mol. The average Bonchev–Trinajstić information content (AvgIpc) is 2.73. The summed E-state index contributed by atoms with van der Waals surface area (Å²) in [5, 5.41) is 6.08. The summed E-state index contributed by atoms with van der Waals surface area (Å²) in [7, 11) is 0. The number of hydrogen-bond acceptors (Lipinski definition) is 5. The number of nitrogens with zero attached hydrogens (tertiary/aromatic N) is 2. The first-order valence-electron chi connectivity index (χ1n) is 9.81. The highest BCUT2D eigenvalue weighted by molar-refractivity contribution is 5.92. The predicted molar refractivity (Wildman–Crippen MR) is 115 cm³/mol. The van der Waals surface area contributed by atoms with Crippen molar-refractivity contribution in [1.82, 2.24) is 15.3 Å². The van der Waals surface area contributed by atoms with Gasteiger partial charge < -0.3 is 15.4 Å². The third-order valence-electron chi connectivity index (χ3n) is 4.28. The fourth-order valence-electron chi connectivity index (χ4n) is 2.90. The molecule has 0 radical (unpaired) electrons. The maximum Gasteiger partial charge on any atom is 0.270 e. The number of carbonyl (C=O) groups excluding carboxylic acids is 1. The van der Waals surface area contributed by atoms with Gasteiger partial charge in [0.15, 0.2) is 0 Å². The maximum atomic E-state index is 12.5. The molecule has 6 nitrogen and oxygen atoms in total. The molecule has 1 aromatic heterocycles. The zero-order valence-electron chi connectivity index (χ0n) is 16.8. The van der Waals surface area contributed by atoms with E-state index in [4.69, 9.17) is 4.74 Å². The molecule has 0 saturated carbocycles. The van der Waals surface area contributed by atoms with E-state index >= 15 is 0 Å². The Labute approximate surface area is 171 Å². The van der Waals surface area contributed by atoms with Gasteiger partial charge in [0.25, 0.3) is 5.91 Å². The molecule has 0 aliphatic rings. The fraction of sp³-hybridized carbons (Fsp3) is 0.261. The van der Waals surface area contributed by atoms with Gasteiger partial charge in [-0.05, 0) is 62.6 Å². The van der Waals surface area contributed by atoms with Gasteiger partial charge in [-0.3, -0.25) is 4.79 Å². The number of aromatic nitrogens is 2. The normalized spacial score (nSPS) is 10.4. The summed E-state index contributed by atoms with van der Waals surface area (Å²) >= 11 is 0. The van der Waals surface area contributed by atoms with E-state index in [2.05, 4.69) is 32.7 Å². The lowest BCUT2D eigenvalue weighted by Gasteiger charge is -2.10. The average molecular weight is 390 g/mol. The molecule has 1 amide bonds. The van der Waals surface area contributed by atoms with Gasteiger partial charge in [-0.2, -0.15) is 0 Å². The first-order valence-corrected chi connectivity index (χ1v) is 9.81. The van der Waals surface area contributed by atoms with Crippen LogP contribution in [0.1, 0.15) is 35.1 Å². The largest absolute Gasteiger partial charge is 0.494 e. The van der Waals surface area contributed by atoms with Crippen molar-refractivity contribution in [2.45, 2.75) is 26.7 Å². The highest BCUT2D eigenvalue weighted by Gasteiger charge is 2.10. The number of hydrogen-bond donors (Lipinski definition) is 2. The molecule has 0 atom stereocenters. The number of carbonyl (C=O) groups is 1. The number of nitrogens with one attached hydrogen (secondary N) is 2. The van der Waals surface area contributed by atoms with Gasteiger partial charge in [-0.25, -0.2) is 9.97 Å². The van der Waals surface area contributed by atoms with Gasteiger partial charge in [0.2, 0.25) is 5.95 Å². The van der Waals surface area contributed by atoms with Crippen molar-refractivity contribution in [2.24, 2.45) is 0 Å². The van der Waals surface area contributed by atoms with E-state index < -0.39 is 0 Å². The van der Waals surface area contributed by atoms with Crippen LogP contribution in [0.3, 0.4) is 0 Å². The minimum Gasteiger partial charge on any atom is -0.494 e. The Hall–Kier alpha value is -3.41. The lowest BCUT2D eigenvalue weighted by atomic mass is 10.1. The SMILES string of the molecule is CCOc1ccc(Nc2nc(C)cc(C(=O)NCCCc3ccccc3)n2)cc1. The first-order chi connectivity index (χ1) is 14.1. The third kappa shape index (κ3) is 6.31. The van der Waals surface area contributed by atoms with Gasteiger partial charge in [0.05, 0.1) is 6.61 Å². The predicted octanol–water partition coefficient (Wildman–Crippen LogP) is 4.29. The van der Waals surface area contributed by atoms with E-state index in [9.17, 15) is 4.79 Å². The van der Waals surface area contributed by atoms with Crippen LogP contribution in [-0.2, 0) is 6.42 Å². The minimum atomic E-state index is -0.196. The van der Waals surface area contributed by atoms with E-state index in [1.54, 1.807) is 6.07 Å². The zero-order chi connectivity index (χ0) is 20.5. The topological polar surface area (TPSA) is 76.1 Å². The molecule has 2 N–H and O–H groups in total. The molecule has 2 aromatic carbocycles. The smallest absolute Gasteiger partial charge is 0.270 e. The third-order valence-corrected chi connectivity index (χ3v) is 4.28. The Morgan fingerprint density at radius 1 is 1.03 bits per heavy atom. The molecule has 1 heterocycles. The van der Waals surface area contributed by atoms with Crippen molar-refractivity contribution in [2.75, 3.05) is 18.5 Å². The molecular weight excluding hydrogens is 364 g/mol. The van der Waals surface area contributed by atoms with E-state index in [0.717, 1.165) is 30.0 Å². The van der Waals surface area contributed by atoms with Crippen LogP contribution in [0.5, 0.6) is 5.75 Å². The molecule has 0 spiro atoms. The van der Waals surface area contributed by atoms with Crippen molar-refractivity contribution in [1.29, 1.82) is 0 Å². The zero-order valence-corrected chi connectivity index (χ0v) is 16.8. The molecule has 0 aliphatic carbocycles. The van der Waals surface area contributed by atoms with Gasteiger partial charge in [0, 0.05) is 17.9 Å². The van der Waals surface area contributed by atoms with Crippen LogP contribution >= 0.6 is 0 Å². The number of rotatable bonds is 9. The summed E-state index contributed by atoms with van der Waals surface area (Å²) in [5.74, 6) is 1.00. The van der Waals surface area contributed by atoms with Crippen molar-refractivity contribution in [3.05, 3.63) is 77.6 Å². The summed E-state index contributed by atoms with van der Waals surface area (Å²) in [4.78, 5) is 21.2. The molecule has 3 aromatic rings. The maximum absolute atomic E-state index is 12.5. The fourth-order valence-corrected chi connectivity index (χ4v) is 2.90. The Bertz CT molecular complexity index is 927. The Morgan fingerprint density at radius 2 is 1.79 bits per heavy atom. The number of benzene rings is 2. The molecular formula is C23H26N4O2. The second kappa shape index (κ2) is 10.2. The van der Waals surface area contributed by atoms with Crippen LogP contribution in [0.25, 0.3) is 0 Å². The van der Waals surface area contributed by atoms with Crippen LogP contribution in [0.15, 0.2) is 60.7 Å². The number of aryl methyl sites for hydroxylation is 2. The lowest BCUT2D eigenvalue weighted by molar-refractivity contribution is 0.0948. The number of anilines is 2. The van der Waals surface area contributed by atoms with Crippen molar-refractivity contribution in [3.8, 4) is 5.75 Å². The Kier molecular flexibility index (Phi) is 7.16. The van der Waals surface area contributed by atoms with Crippen molar-refractivity contribution < 1.29 is 9.53 Å². The first kappa shape index (κ1) is 20.3. The van der Waals surface area contributed by atoms with Crippen LogP contribution in [0.4, 0.5) is 11.6 Å². The summed E-state index contributed by atoms with van der Waals surface area (Å²) in [5.41, 5.74) is 3.17. The second-order valence-electron chi connectivity index (χ2n) is 6.65. The molecule has 150 valence electrons. The van der Waals surface area contributed by atoms with E-state index in [1.807, 2.05) is 56.3 Å². The molecule has 0 fully saturated rings. The standard InChI is InChI=1S/C23H26N4O2/c1-3-29-20-13-11-19(12-14-20)26-23-25-17(2)16-21(27-23)22(28)24-15-7-10-18-8-5-4-6-9-18/h4-6,8-9,11-14,16H,3,7,10,15H2,1-2H3,(H,24,28)(H,25,26,27). The summed E-state index contributed by atoms with van der Waals surface area (Å²) in [6.07, 6.45) is 1.80. The second-order valence-corrected chi connectivity index (χ2v) is 6.65. The molecule has 6 heteroatoms. The summed E-state index contributed by atoms with van der Waals surface area (Å²) in [6.45, 7) is 5.01. The quantitative estimate of drug-likeness (QED) is 0.533. The Balaban J connectivity index is 1.56. The van der Waals surface area contributed by atoms with Crippen LogP contribution < -0.4 is 15.4 Å². The highest BCUT2D eigenvalue weighted by Crippen LogP contribution is 2.18. The molecule has 0 aliphatic heterocycles. The van der Waals surface area contributed by atoms with Gasteiger partial charge in [-0.15, -0.1) is 0 Å². The van der Waals surface area contributed by atoms with Crippen molar-refractivity contribution in [3.63, 3.8) is 0 Å². The Morgan fingerprint density at radius 3 is 2.52 bits per heavy atom. The highest BCUT2D eigenvalue weighted by atomic mass is 16.5. The molecule has 0 bridgehead atoms. The van der Waals surface area contributed by atoms with Gasteiger partial charge in [-0.1, -0.05) is 30.3 Å². The van der Waals surface area contributed by atoms with E-state index in [1.165, 1.54) is 5.56 Å². The summed E-state index contributed by atoms with van der Waals surface area (Å²) < 4.78 is 5.44. The lowest BCUT2D eigenvalue weighted by Crippen LogP contribution is -2.26. The summed E-state index contributed by atoms with van der Waals surface area (Å²) in [6, 6.07) is 19.5. The minimum absolute atomic E-state index is 0.196. The van der Waals surface area contributed by atoms with Gasteiger partial charge >= 0.3 is 0 Å². The van der Waals surface area contributed by atoms with Gasteiger partial charge in [0.1, 0.15) is 11.4 Å². The molecule has 0 saturated heterocycles. The van der Waals surface area contributed by atoms with Crippen molar-refractivity contribution >= 4 is 17.5 Å².